The number of carboxylic acid groups (broad SMARTS) is 1. The van der Waals surface area contributed by atoms with Crippen molar-refractivity contribution in [1.82, 2.24) is 0 Å². The Morgan fingerprint density at radius 3 is 2.53 bits per heavy atom. The van der Waals surface area contributed by atoms with E-state index in [1.165, 1.54) is 0 Å². The van der Waals surface area contributed by atoms with Gasteiger partial charge in [0.2, 0.25) is 0 Å². The number of benzene rings is 1. The number of aliphatic carboxylic acids is 1. The van der Waals surface area contributed by atoms with Gasteiger partial charge in [-0.05, 0) is 24.5 Å². The van der Waals surface area contributed by atoms with Gasteiger partial charge in [-0.25, -0.2) is 0 Å². The summed E-state index contributed by atoms with van der Waals surface area (Å²) in [7, 11) is 0. The van der Waals surface area contributed by atoms with E-state index >= 15 is 0 Å². The second kappa shape index (κ2) is 4.14. The van der Waals surface area contributed by atoms with E-state index < -0.39 is 11.4 Å². The van der Waals surface area contributed by atoms with Crippen LogP contribution in [0.25, 0.3) is 0 Å². The van der Waals surface area contributed by atoms with Crippen LogP contribution in [0.2, 0.25) is 0 Å². The molecular formula is C12H13NO2. The third-order valence-corrected chi connectivity index (χ3v) is 2.69. The van der Waals surface area contributed by atoms with Crippen LogP contribution in [0.1, 0.15) is 24.5 Å². The van der Waals surface area contributed by atoms with Gasteiger partial charge in [0.25, 0.3) is 0 Å². The van der Waals surface area contributed by atoms with Crippen LogP contribution in [0, 0.1) is 18.3 Å². The molecule has 0 heterocycles. The van der Waals surface area contributed by atoms with Crippen LogP contribution in [0.3, 0.4) is 0 Å². The Morgan fingerprint density at radius 1 is 1.53 bits per heavy atom. The predicted octanol–water partition coefficient (Wildman–Crippen LogP) is 2.25. The monoisotopic (exact) mass is 203 g/mol. The van der Waals surface area contributed by atoms with Gasteiger partial charge >= 0.3 is 5.97 Å². The molecule has 1 rings (SSSR count). The molecule has 1 unspecified atom stereocenters. The summed E-state index contributed by atoms with van der Waals surface area (Å²) >= 11 is 0. The standard InChI is InChI=1S/C12H13NO2/c1-3-12(8-13,11(14)15)10-7-5-4-6-9(10)2/h4-7H,3H2,1-2H3,(H,14,15). The maximum atomic E-state index is 11.2. The first-order valence-corrected chi connectivity index (χ1v) is 4.79. The lowest BCUT2D eigenvalue weighted by Crippen LogP contribution is -2.34. The lowest BCUT2D eigenvalue weighted by molar-refractivity contribution is -0.141. The molecule has 0 spiro atoms. The summed E-state index contributed by atoms with van der Waals surface area (Å²) in [5, 5.41) is 18.3. The fraction of sp³-hybridized carbons (Fsp3) is 0.333. The van der Waals surface area contributed by atoms with E-state index in [9.17, 15) is 9.90 Å². The summed E-state index contributed by atoms with van der Waals surface area (Å²) < 4.78 is 0. The van der Waals surface area contributed by atoms with Gasteiger partial charge in [0.15, 0.2) is 5.41 Å². The zero-order chi connectivity index (χ0) is 11.5. The van der Waals surface area contributed by atoms with Crippen molar-refractivity contribution in [3.63, 3.8) is 0 Å². The van der Waals surface area contributed by atoms with Crippen molar-refractivity contribution in [3.05, 3.63) is 35.4 Å². The van der Waals surface area contributed by atoms with Crippen LogP contribution >= 0.6 is 0 Å². The molecule has 78 valence electrons. The highest BCUT2D eigenvalue weighted by Gasteiger charge is 2.39. The lowest BCUT2D eigenvalue weighted by atomic mass is 9.77. The number of aryl methyl sites for hydroxylation is 1. The Labute approximate surface area is 89.0 Å². The number of carboxylic acids is 1. The summed E-state index contributed by atoms with van der Waals surface area (Å²) in [5.41, 5.74) is 0.0107. The van der Waals surface area contributed by atoms with E-state index in [4.69, 9.17) is 5.26 Å². The summed E-state index contributed by atoms with van der Waals surface area (Å²) in [5.74, 6) is -1.08. The predicted molar refractivity (Wildman–Crippen MR) is 56.4 cm³/mol. The molecule has 1 N–H and O–H groups in total. The van der Waals surface area contributed by atoms with E-state index in [2.05, 4.69) is 0 Å². The smallest absolute Gasteiger partial charge is 0.328 e. The molecule has 1 atom stereocenters. The van der Waals surface area contributed by atoms with Gasteiger partial charge in [0, 0.05) is 0 Å². The Morgan fingerprint density at radius 2 is 2.13 bits per heavy atom. The van der Waals surface area contributed by atoms with Crippen LogP contribution < -0.4 is 0 Å². The topological polar surface area (TPSA) is 61.1 Å². The molecule has 0 aromatic heterocycles. The molecule has 0 amide bonds. The molecule has 0 aliphatic heterocycles. The lowest BCUT2D eigenvalue weighted by Gasteiger charge is -2.22. The van der Waals surface area contributed by atoms with Crippen molar-refractivity contribution in [1.29, 1.82) is 5.26 Å². The maximum absolute atomic E-state index is 11.2. The fourth-order valence-corrected chi connectivity index (χ4v) is 1.70. The first kappa shape index (κ1) is 11.3. The number of carbonyl (C=O) groups is 1. The van der Waals surface area contributed by atoms with Gasteiger partial charge in [-0.1, -0.05) is 31.2 Å². The van der Waals surface area contributed by atoms with Crippen molar-refractivity contribution in [2.75, 3.05) is 0 Å². The van der Waals surface area contributed by atoms with Crippen molar-refractivity contribution in [2.24, 2.45) is 0 Å². The van der Waals surface area contributed by atoms with Gasteiger partial charge in [-0.2, -0.15) is 5.26 Å². The minimum atomic E-state index is -1.41. The summed E-state index contributed by atoms with van der Waals surface area (Å²) in [6.07, 6.45) is 0.268. The van der Waals surface area contributed by atoms with E-state index in [0.29, 0.717) is 5.56 Å². The zero-order valence-corrected chi connectivity index (χ0v) is 8.82. The molecule has 0 aliphatic rings. The highest BCUT2D eigenvalue weighted by atomic mass is 16.4. The van der Waals surface area contributed by atoms with E-state index in [-0.39, 0.29) is 6.42 Å². The molecule has 15 heavy (non-hydrogen) atoms. The molecule has 0 aliphatic carbocycles. The second-order valence-corrected chi connectivity index (χ2v) is 3.49. The van der Waals surface area contributed by atoms with Crippen molar-refractivity contribution in [3.8, 4) is 6.07 Å². The first-order valence-electron chi connectivity index (χ1n) is 4.79. The van der Waals surface area contributed by atoms with Crippen molar-refractivity contribution in [2.45, 2.75) is 25.7 Å². The minimum absolute atomic E-state index is 0.268. The average Bonchev–Trinajstić information content (AvgIpc) is 2.22. The largest absolute Gasteiger partial charge is 0.480 e. The molecule has 0 fully saturated rings. The summed E-state index contributed by atoms with van der Waals surface area (Å²) in [4.78, 5) is 11.2. The number of hydrogen-bond acceptors (Lipinski definition) is 2. The highest BCUT2D eigenvalue weighted by Crippen LogP contribution is 2.30. The summed E-state index contributed by atoms with van der Waals surface area (Å²) in [6.45, 7) is 3.53. The van der Waals surface area contributed by atoms with E-state index in [0.717, 1.165) is 5.56 Å². The second-order valence-electron chi connectivity index (χ2n) is 3.49. The molecule has 0 bridgehead atoms. The number of rotatable bonds is 3. The van der Waals surface area contributed by atoms with Gasteiger partial charge < -0.3 is 5.11 Å². The van der Waals surface area contributed by atoms with E-state index in [1.807, 2.05) is 25.1 Å². The molecule has 1 aromatic carbocycles. The Balaban J connectivity index is 3.41. The van der Waals surface area contributed by atoms with Crippen molar-refractivity contribution >= 4 is 5.97 Å². The van der Waals surface area contributed by atoms with Crippen LogP contribution in [0.5, 0.6) is 0 Å². The van der Waals surface area contributed by atoms with Crippen LogP contribution in [-0.2, 0) is 10.2 Å². The fourth-order valence-electron chi connectivity index (χ4n) is 1.70. The highest BCUT2D eigenvalue weighted by molar-refractivity contribution is 5.85. The molecule has 3 heteroatoms. The van der Waals surface area contributed by atoms with Gasteiger partial charge in [-0.3, -0.25) is 4.79 Å². The molecule has 0 saturated carbocycles. The minimum Gasteiger partial charge on any atom is -0.480 e. The normalized spacial score (nSPS) is 13.9. The third kappa shape index (κ3) is 1.71. The Hall–Kier alpha value is -1.82. The Kier molecular flexibility index (Phi) is 3.11. The molecule has 3 nitrogen and oxygen atoms in total. The summed E-state index contributed by atoms with van der Waals surface area (Å²) in [6, 6.07) is 9.04. The first-order chi connectivity index (χ1) is 7.08. The molecule has 0 saturated heterocycles. The number of nitrogens with zero attached hydrogens (tertiary/aromatic N) is 1. The molecule has 0 radical (unpaired) electrons. The maximum Gasteiger partial charge on any atom is 0.328 e. The SMILES string of the molecule is CCC(C#N)(C(=O)O)c1ccccc1C. The quantitative estimate of drug-likeness (QED) is 0.819. The van der Waals surface area contributed by atoms with Crippen molar-refractivity contribution < 1.29 is 9.90 Å². The Bertz CT molecular complexity index is 420. The number of hydrogen-bond donors (Lipinski definition) is 1. The van der Waals surface area contributed by atoms with Crippen LogP contribution in [0.4, 0.5) is 0 Å². The van der Waals surface area contributed by atoms with Gasteiger partial charge in [-0.15, -0.1) is 0 Å². The number of nitriles is 1. The third-order valence-electron chi connectivity index (χ3n) is 2.69. The van der Waals surface area contributed by atoms with E-state index in [1.54, 1.807) is 19.1 Å². The zero-order valence-electron chi connectivity index (χ0n) is 8.82. The molecular weight excluding hydrogens is 190 g/mol. The van der Waals surface area contributed by atoms with Gasteiger partial charge in [0.05, 0.1) is 6.07 Å². The van der Waals surface area contributed by atoms with Crippen LogP contribution in [-0.4, -0.2) is 11.1 Å². The van der Waals surface area contributed by atoms with Crippen LogP contribution in [0.15, 0.2) is 24.3 Å². The average molecular weight is 203 g/mol. The van der Waals surface area contributed by atoms with Gasteiger partial charge in [0.1, 0.15) is 0 Å². The molecule has 1 aromatic rings.